The minimum Gasteiger partial charge on any atom is -0.298 e. The molecule has 0 fully saturated rings. The Hall–Kier alpha value is -0.820. The molecule has 1 rings (SSSR count). The third kappa shape index (κ3) is 3.35. The maximum Gasteiger partial charge on any atom is 0.147 e. The highest BCUT2D eigenvalue weighted by Gasteiger charge is 2.14. The first-order valence-electron chi connectivity index (χ1n) is 5.24. The fourth-order valence-electron chi connectivity index (χ4n) is 1.62. The van der Waals surface area contributed by atoms with Crippen molar-refractivity contribution < 1.29 is 4.79 Å². The van der Waals surface area contributed by atoms with E-state index in [1.165, 1.54) is 18.1 Å². The van der Waals surface area contributed by atoms with E-state index in [0.29, 0.717) is 12.3 Å². The second-order valence-electron chi connectivity index (χ2n) is 4.14. The normalized spacial score (nSPS) is 12.9. The van der Waals surface area contributed by atoms with E-state index in [2.05, 4.69) is 19.9 Å². The van der Waals surface area contributed by atoms with E-state index in [1.54, 1.807) is 0 Å². The van der Waals surface area contributed by atoms with Gasteiger partial charge in [0.2, 0.25) is 0 Å². The molecular formula is C13H17ClO. The molecule has 0 spiro atoms. The van der Waals surface area contributed by atoms with Crippen molar-refractivity contribution in [1.82, 2.24) is 0 Å². The Morgan fingerprint density at radius 2 is 1.93 bits per heavy atom. The number of Topliss-reactive ketones (excluding diaryl/α,β-unsaturated/α-hetero) is 1. The van der Waals surface area contributed by atoms with Crippen LogP contribution >= 0.6 is 11.6 Å². The highest BCUT2D eigenvalue weighted by Crippen LogP contribution is 2.21. The van der Waals surface area contributed by atoms with Gasteiger partial charge < -0.3 is 0 Å². The molecule has 1 aromatic carbocycles. The van der Waals surface area contributed by atoms with E-state index in [4.69, 9.17) is 11.6 Å². The lowest BCUT2D eigenvalue weighted by Gasteiger charge is -2.13. The number of rotatable bonds is 4. The number of carbonyl (C=O) groups is 1. The lowest BCUT2D eigenvalue weighted by Crippen LogP contribution is -2.14. The molecule has 0 radical (unpaired) electrons. The van der Waals surface area contributed by atoms with Crippen molar-refractivity contribution in [2.45, 2.75) is 38.5 Å². The molecule has 0 heterocycles. The summed E-state index contributed by atoms with van der Waals surface area (Å²) in [5, 5.41) is -0.398. The topological polar surface area (TPSA) is 17.1 Å². The summed E-state index contributed by atoms with van der Waals surface area (Å²) in [7, 11) is 0. The van der Waals surface area contributed by atoms with Gasteiger partial charge in [-0.2, -0.15) is 0 Å². The maximum atomic E-state index is 11.1. The second-order valence-corrected chi connectivity index (χ2v) is 4.66. The van der Waals surface area contributed by atoms with Crippen LogP contribution in [0.25, 0.3) is 0 Å². The highest BCUT2D eigenvalue weighted by atomic mass is 35.5. The third-order valence-corrected chi connectivity index (χ3v) is 2.98. The molecule has 0 saturated carbocycles. The molecule has 0 aliphatic heterocycles. The van der Waals surface area contributed by atoms with Crippen LogP contribution in [0.4, 0.5) is 0 Å². The molecule has 0 aliphatic carbocycles. The fourth-order valence-corrected chi connectivity index (χ4v) is 1.79. The lowest BCUT2D eigenvalue weighted by atomic mass is 9.94. The van der Waals surface area contributed by atoms with Gasteiger partial charge in [-0.1, -0.05) is 38.1 Å². The van der Waals surface area contributed by atoms with Gasteiger partial charge in [-0.25, -0.2) is 0 Å². The summed E-state index contributed by atoms with van der Waals surface area (Å²) in [5.74, 6) is 0.507. The molecule has 1 unspecified atom stereocenters. The first-order chi connectivity index (χ1) is 7.02. The molecule has 0 amide bonds. The van der Waals surface area contributed by atoms with Crippen molar-refractivity contribution in [3.8, 4) is 0 Å². The number of benzene rings is 1. The van der Waals surface area contributed by atoms with Crippen LogP contribution in [0, 0.1) is 0 Å². The molecule has 0 aliphatic rings. The molecule has 1 atom stereocenters. The van der Waals surface area contributed by atoms with Gasteiger partial charge in [-0.15, -0.1) is 11.6 Å². The Labute approximate surface area is 96.5 Å². The Kier molecular flexibility index (Phi) is 4.34. The van der Waals surface area contributed by atoms with Gasteiger partial charge in [0.05, 0.1) is 5.38 Å². The van der Waals surface area contributed by atoms with Gasteiger partial charge in [0.15, 0.2) is 0 Å². The molecular weight excluding hydrogens is 208 g/mol. The third-order valence-electron chi connectivity index (χ3n) is 2.52. The molecule has 0 bridgehead atoms. The van der Waals surface area contributed by atoms with E-state index < -0.39 is 5.38 Å². The van der Waals surface area contributed by atoms with E-state index in [1.807, 2.05) is 18.2 Å². The van der Waals surface area contributed by atoms with E-state index >= 15 is 0 Å². The first kappa shape index (κ1) is 12.3. The summed E-state index contributed by atoms with van der Waals surface area (Å²) in [4.78, 5) is 11.1. The first-order valence-corrected chi connectivity index (χ1v) is 5.68. The van der Waals surface area contributed by atoms with Crippen molar-refractivity contribution in [2.75, 3.05) is 0 Å². The van der Waals surface area contributed by atoms with Crippen molar-refractivity contribution in [3.05, 3.63) is 35.4 Å². The summed E-state index contributed by atoms with van der Waals surface area (Å²) < 4.78 is 0. The predicted octanol–water partition coefficient (Wildman–Crippen LogP) is 3.55. The molecule has 0 aromatic heterocycles. The molecule has 0 saturated heterocycles. The Morgan fingerprint density at radius 1 is 1.33 bits per heavy atom. The number of hydrogen-bond acceptors (Lipinski definition) is 1. The smallest absolute Gasteiger partial charge is 0.147 e. The average Bonchev–Trinajstić information content (AvgIpc) is 2.18. The SMILES string of the molecule is CC(=O)C(Cl)Cc1ccccc1C(C)C. The number of alkyl halides is 1. The zero-order chi connectivity index (χ0) is 11.4. The van der Waals surface area contributed by atoms with Crippen LogP contribution in [0.5, 0.6) is 0 Å². The maximum absolute atomic E-state index is 11.1. The van der Waals surface area contributed by atoms with Crippen molar-refractivity contribution in [2.24, 2.45) is 0 Å². The van der Waals surface area contributed by atoms with Gasteiger partial charge in [-0.3, -0.25) is 4.79 Å². The summed E-state index contributed by atoms with van der Waals surface area (Å²) in [6, 6.07) is 8.16. The summed E-state index contributed by atoms with van der Waals surface area (Å²) in [6.07, 6.45) is 0.630. The molecule has 82 valence electrons. The summed E-state index contributed by atoms with van der Waals surface area (Å²) in [6.45, 7) is 5.83. The molecule has 15 heavy (non-hydrogen) atoms. The molecule has 0 N–H and O–H groups in total. The van der Waals surface area contributed by atoms with E-state index in [9.17, 15) is 4.79 Å². The Bertz CT molecular complexity index is 344. The van der Waals surface area contributed by atoms with Crippen molar-refractivity contribution in [1.29, 1.82) is 0 Å². The van der Waals surface area contributed by atoms with Gasteiger partial charge in [0, 0.05) is 0 Å². The quantitative estimate of drug-likeness (QED) is 0.715. The molecule has 2 heteroatoms. The van der Waals surface area contributed by atoms with Gasteiger partial charge in [0.1, 0.15) is 5.78 Å². The number of ketones is 1. The van der Waals surface area contributed by atoms with E-state index in [0.717, 1.165) is 0 Å². The van der Waals surface area contributed by atoms with Gasteiger partial charge in [-0.05, 0) is 30.4 Å². The van der Waals surface area contributed by atoms with Crippen LogP contribution < -0.4 is 0 Å². The number of hydrogen-bond donors (Lipinski definition) is 0. The standard InChI is InChI=1S/C13H17ClO/c1-9(2)12-7-5-4-6-11(12)8-13(14)10(3)15/h4-7,9,13H,8H2,1-3H3. The average molecular weight is 225 g/mol. The molecule has 1 aromatic rings. The fraction of sp³-hybridized carbons (Fsp3) is 0.462. The van der Waals surface area contributed by atoms with Gasteiger partial charge in [0.25, 0.3) is 0 Å². The largest absolute Gasteiger partial charge is 0.298 e. The van der Waals surface area contributed by atoms with Crippen LogP contribution in [0.3, 0.4) is 0 Å². The number of carbonyl (C=O) groups excluding carboxylic acids is 1. The van der Waals surface area contributed by atoms with Crippen LogP contribution in [0.15, 0.2) is 24.3 Å². The van der Waals surface area contributed by atoms with Crippen LogP contribution in [0.1, 0.15) is 37.8 Å². The van der Waals surface area contributed by atoms with Gasteiger partial charge >= 0.3 is 0 Å². The zero-order valence-corrected chi connectivity index (χ0v) is 10.2. The van der Waals surface area contributed by atoms with Crippen LogP contribution in [0.2, 0.25) is 0 Å². The summed E-state index contributed by atoms with van der Waals surface area (Å²) in [5.41, 5.74) is 2.46. The monoisotopic (exact) mass is 224 g/mol. The number of halogens is 1. The lowest BCUT2D eigenvalue weighted by molar-refractivity contribution is -0.116. The minimum absolute atomic E-state index is 0.0372. The minimum atomic E-state index is -0.398. The predicted molar refractivity (Wildman–Crippen MR) is 64.6 cm³/mol. The van der Waals surface area contributed by atoms with Crippen molar-refractivity contribution in [3.63, 3.8) is 0 Å². The Morgan fingerprint density at radius 3 is 2.47 bits per heavy atom. The zero-order valence-electron chi connectivity index (χ0n) is 9.46. The summed E-state index contributed by atoms with van der Waals surface area (Å²) >= 11 is 5.98. The molecule has 1 nitrogen and oxygen atoms in total. The van der Waals surface area contributed by atoms with Crippen molar-refractivity contribution >= 4 is 17.4 Å². The van der Waals surface area contributed by atoms with Crippen LogP contribution in [-0.4, -0.2) is 11.2 Å². The van der Waals surface area contributed by atoms with E-state index in [-0.39, 0.29) is 5.78 Å². The highest BCUT2D eigenvalue weighted by molar-refractivity contribution is 6.30. The second kappa shape index (κ2) is 5.32. The Balaban J connectivity index is 2.89. The van der Waals surface area contributed by atoms with Crippen LogP contribution in [-0.2, 0) is 11.2 Å².